The van der Waals surface area contributed by atoms with E-state index in [0.717, 1.165) is 51.4 Å². The van der Waals surface area contributed by atoms with Gasteiger partial charge in [-0.05, 0) is 18.8 Å². The zero-order valence-electron chi connectivity index (χ0n) is 17.6. The number of aliphatic hydroxyl groups excluding tert-OH is 4. The van der Waals surface area contributed by atoms with Gasteiger partial charge in [-0.2, -0.15) is 0 Å². The zero-order valence-corrected chi connectivity index (χ0v) is 17.6. The molecule has 6 N–H and O–H groups in total. The highest BCUT2D eigenvalue weighted by molar-refractivity contribution is 5.83. The molecule has 0 aromatic carbocycles. The van der Waals surface area contributed by atoms with Gasteiger partial charge in [0.25, 0.3) is 11.8 Å². The van der Waals surface area contributed by atoms with Crippen LogP contribution >= 0.6 is 0 Å². The lowest BCUT2D eigenvalue weighted by Gasteiger charge is -2.25. The molecule has 166 valence electrons. The summed E-state index contributed by atoms with van der Waals surface area (Å²) in [6.07, 6.45) is -0.116. The highest BCUT2D eigenvalue weighted by Crippen LogP contribution is 2.08. The predicted molar refractivity (Wildman–Crippen MR) is 107 cm³/mol. The summed E-state index contributed by atoms with van der Waals surface area (Å²) in [5, 5.41) is 44.5. The van der Waals surface area contributed by atoms with Crippen LogP contribution in [0.4, 0.5) is 0 Å². The van der Waals surface area contributed by atoms with Crippen molar-refractivity contribution in [3.63, 3.8) is 0 Å². The fraction of sp³-hybridized carbons (Fsp3) is 0.900. The van der Waals surface area contributed by atoms with Crippen LogP contribution in [0.2, 0.25) is 0 Å². The highest BCUT2D eigenvalue weighted by Gasteiger charge is 2.37. The van der Waals surface area contributed by atoms with E-state index in [4.69, 9.17) is 0 Å². The number of aliphatic hydroxyl groups is 4. The molecule has 0 saturated carbocycles. The molecule has 0 spiro atoms. The average Bonchev–Trinajstić information content (AvgIpc) is 2.67. The Morgan fingerprint density at radius 2 is 1.14 bits per heavy atom. The molecule has 0 fully saturated rings. The Morgan fingerprint density at radius 3 is 1.57 bits per heavy atom. The summed E-state index contributed by atoms with van der Waals surface area (Å²) in [5.74, 6) is -1.12. The second kappa shape index (κ2) is 15.7. The SMILES string of the molecule is CCCCCCCNC(=O)C(O)C(O)C(O)C(O)C(=O)NCCCCC(C)C. The van der Waals surface area contributed by atoms with Crippen LogP contribution in [0.25, 0.3) is 0 Å². The van der Waals surface area contributed by atoms with Crippen LogP contribution in [0, 0.1) is 5.92 Å². The molecule has 4 atom stereocenters. The van der Waals surface area contributed by atoms with E-state index in [9.17, 15) is 30.0 Å². The summed E-state index contributed by atoms with van der Waals surface area (Å²) in [6, 6.07) is 0. The predicted octanol–water partition coefficient (Wildman–Crippen LogP) is 0.459. The van der Waals surface area contributed by atoms with Gasteiger partial charge in [0.1, 0.15) is 12.2 Å². The van der Waals surface area contributed by atoms with Gasteiger partial charge in [-0.1, -0.05) is 59.3 Å². The number of carbonyl (C=O) groups is 2. The third kappa shape index (κ3) is 11.6. The lowest BCUT2D eigenvalue weighted by atomic mass is 10.0. The molecule has 8 heteroatoms. The van der Waals surface area contributed by atoms with Gasteiger partial charge in [0, 0.05) is 13.1 Å². The number of hydrogen-bond acceptors (Lipinski definition) is 6. The van der Waals surface area contributed by atoms with Gasteiger partial charge < -0.3 is 31.1 Å². The lowest BCUT2D eigenvalue weighted by molar-refractivity contribution is -0.155. The molecule has 0 radical (unpaired) electrons. The number of nitrogens with one attached hydrogen (secondary N) is 2. The van der Waals surface area contributed by atoms with E-state index in [1.807, 2.05) is 0 Å². The molecule has 0 aromatic heterocycles. The van der Waals surface area contributed by atoms with Crippen LogP contribution in [0.5, 0.6) is 0 Å². The van der Waals surface area contributed by atoms with Crippen LogP contribution in [0.3, 0.4) is 0 Å². The molecule has 28 heavy (non-hydrogen) atoms. The molecule has 2 amide bonds. The molecule has 4 unspecified atom stereocenters. The normalized spacial score (nSPS) is 15.7. The Bertz CT molecular complexity index is 433. The van der Waals surface area contributed by atoms with Gasteiger partial charge in [-0.25, -0.2) is 0 Å². The molecular formula is C20H40N2O6. The number of carbonyl (C=O) groups excluding carboxylic acids is 2. The van der Waals surface area contributed by atoms with E-state index in [2.05, 4.69) is 31.4 Å². The largest absolute Gasteiger partial charge is 0.387 e. The van der Waals surface area contributed by atoms with Crippen molar-refractivity contribution >= 4 is 11.8 Å². The van der Waals surface area contributed by atoms with Crippen LogP contribution in [0.15, 0.2) is 0 Å². The van der Waals surface area contributed by atoms with Gasteiger partial charge in [0.2, 0.25) is 0 Å². The third-order valence-corrected chi connectivity index (χ3v) is 4.62. The summed E-state index contributed by atoms with van der Waals surface area (Å²) in [4.78, 5) is 23.7. The monoisotopic (exact) mass is 404 g/mol. The molecule has 0 heterocycles. The zero-order chi connectivity index (χ0) is 21.5. The Kier molecular flexibility index (Phi) is 15.0. The first-order valence-electron chi connectivity index (χ1n) is 10.5. The molecule has 0 aliphatic heterocycles. The van der Waals surface area contributed by atoms with Crippen molar-refractivity contribution in [2.75, 3.05) is 13.1 Å². The summed E-state index contributed by atoms with van der Waals surface area (Å²) >= 11 is 0. The van der Waals surface area contributed by atoms with Gasteiger partial charge >= 0.3 is 0 Å². The van der Waals surface area contributed by atoms with E-state index >= 15 is 0 Å². The number of amides is 2. The summed E-state index contributed by atoms with van der Waals surface area (Å²) in [6.45, 7) is 7.00. The molecule has 0 aliphatic rings. The van der Waals surface area contributed by atoms with Crippen LogP contribution in [-0.4, -0.2) is 69.7 Å². The first kappa shape index (κ1) is 26.8. The quantitative estimate of drug-likeness (QED) is 0.207. The number of hydrogen-bond donors (Lipinski definition) is 6. The second-order valence-electron chi connectivity index (χ2n) is 7.76. The van der Waals surface area contributed by atoms with E-state index in [-0.39, 0.29) is 0 Å². The van der Waals surface area contributed by atoms with E-state index < -0.39 is 36.2 Å². The molecule has 0 saturated heterocycles. The summed E-state index contributed by atoms with van der Waals surface area (Å²) in [5.41, 5.74) is 0. The number of unbranched alkanes of at least 4 members (excludes halogenated alkanes) is 5. The van der Waals surface area contributed by atoms with Crippen molar-refractivity contribution in [2.24, 2.45) is 5.92 Å². The molecular weight excluding hydrogens is 364 g/mol. The first-order chi connectivity index (χ1) is 13.2. The Hall–Kier alpha value is -1.22. The van der Waals surface area contributed by atoms with Crippen LogP contribution in [0.1, 0.15) is 72.1 Å². The Labute approximate surface area is 168 Å². The minimum Gasteiger partial charge on any atom is -0.387 e. The smallest absolute Gasteiger partial charge is 0.251 e. The maximum Gasteiger partial charge on any atom is 0.251 e. The minimum absolute atomic E-state index is 0.340. The standard InChI is InChI=1S/C20H40N2O6/c1-4-5-6-7-9-12-21-19(27)17(25)15(23)16(24)18(26)20(28)22-13-10-8-11-14(2)3/h14-18,23-26H,4-13H2,1-3H3,(H,21,27)(H,22,28). The van der Waals surface area contributed by atoms with Gasteiger partial charge in [-0.15, -0.1) is 0 Å². The van der Waals surface area contributed by atoms with Gasteiger partial charge in [0.15, 0.2) is 12.2 Å². The topological polar surface area (TPSA) is 139 Å². The van der Waals surface area contributed by atoms with E-state index in [0.29, 0.717) is 19.0 Å². The fourth-order valence-electron chi connectivity index (χ4n) is 2.72. The van der Waals surface area contributed by atoms with Crippen molar-refractivity contribution in [1.29, 1.82) is 0 Å². The van der Waals surface area contributed by atoms with Gasteiger partial charge in [0.05, 0.1) is 0 Å². The molecule has 0 bridgehead atoms. The second-order valence-corrected chi connectivity index (χ2v) is 7.76. The van der Waals surface area contributed by atoms with E-state index in [1.54, 1.807) is 0 Å². The maximum atomic E-state index is 11.9. The third-order valence-electron chi connectivity index (χ3n) is 4.62. The Morgan fingerprint density at radius 1 is 0.714 bits per heavy atom. The van der Waals surface area contributed by atoms with Crippen molar-refractivity contribution in [3.05, 3.63) is 0 Å². The van der Waals surface area contributed by atoms with Crippen LogP contribution in [-0.2, 0) is 9.59 Å². The first-order valence-corrected chi connectivity index (χ1v) is 10.5. The van der Waals surface area contributed by atoms with Crippen molar-refractivity contribution in [2.45, 2.75) is 96.6 Å². The number of rotatable bonds is 16. The molecule has 0 aromatic rings. The summed E-state index contributed by atoms with van der Waals surface area (Å²) in [7, 11) is 0. The average molecular weight is 405 g/mol. The Balaban J connectivity index is 4.20. The maximum absolute atomic E-state index is 11.9. The molecule has 0 rings (SSSR count). The van der Waals surface area contributed by atoms with Crippen LogP contribution < -0.4 is 10.6 Å². The van der Waals surface area contributed by atoms with Crippen molar-refractivity contribution < 1.29 is 30.0 Å². The fourth-order valence-corrected chi connectivity index (χ4v) is 2.72. The van der Waals surface area contributed by atoms with Crippen molar-refractivity contribution in [1.82, 2.24) is 10.6 Å². The molecule has 8 nitrogen and oxygen atoms in total. The minimum atomic E-state index is -1.97. The highest BCUT2D eigenvalue weighted by atomic mass is 16.4. The summed E-state index contributed by atoms with van der Waals surface area (Å²) < 4.78 is 0. The van der Waals surface area contributed by atoms with Crippen molar-refractivity contribution in [3.8, 4) is 0 Å². The van der Waals surface area contributed by atoms with Gasteiger partial charge in [-0.3, -0.25) is 9.59 Å². The molecule has 0 aliphatic carbocycles. The lowest BCUT2D eigenvalue weighted by Crippen LogP contribution is -2.54. The van der Waals surface area contributed by atoms with E-state index in [1.165, 1.54) is 0 Å².